The fourth-order valence-corrected chi connectivity index (χ4v) is 3.45. The van der Waals surface area contributed by atoms with Crippen LogP contribution in [0.3, 0.4) is 0 Å². The molecule has 2 unspecified atom stereocenters. The zero-order valence-electron chi connectivity index (χ0n) is 12.6. The second-order valence-corrected chi connectivity index (χ2v) is 5.91. The van der Waals surface area contributed by atoms with E-state index in [0.717, 1.165) is 50.3 Å². The van der Waals surface area contributed by atoms with E-state index in [9.17, 15) is 4.39 Å². The van der Waals surface area contributed by atoms with E-state index in [1.54, 1.807) is 6.07 Å². The van der Waals surface area contributed by atoms with Gasteiger partial charge in [-0.15, -0.1) is 0 Å². The Hall–Kier alpha value is -1.20. The zero-order chi connectivity index (χ0) is 14.7. The molecular formula is C16H24FN3O. The van der Waals surface area contributed by atoms with Gasteiger partial charge in [0.1, 0.15) is 11.6 Å². The smallest absolute Gasteiger partial charge is 0.141 e. The number of ether oxygens (including phenoxy) is 1. The Morgan fingerprint density at radius 1 is 1.48 bits per heavy atom. The van der Waals surface area contributed by atoms with Crippen molar-refractivity contribution >= 4 is 5.82 Å². The first-order valence-corrected chi connectivity index (χ1v) is 8.03. The van der Waals surface area contributed by atoms with Crippen LogP contribution in [0.15, 0.2) is 12.3 Å². The maximum absolute atomic E-state index is 13.6. The van der Waals surface area contributed by atoms with Gasteiger partial charge >= 0.3 is 0 Å². The van der Waals surface area contributed by atoms with Crippen molar-refractivity contribution in [2.24, 2.45) is 0 Å². The second kappa shape index (κ2) is 6.71. The summed E-state index contributed by atoms with van der Waals surface area (Å²) in [6.07, 6.45) is 6.20. The SMILES string of the molecule is CCCNCc1cc(F)cnc1N1CCOC2CCCC21. The van der Waals surface area contributed by atoms with Gasteiger partial charge < -0.3 is 15.0 Å². The topological polar surface area (TPSA) is 37.4 Å². The number of nitrogens with zero attached hydrogens (tertiary/aromatic N) is 2. The van der Waals surface area contributed by atoms with Crippen LogP contribution in [-0.2, 0) is 11.3 Å². The lowest BCUT2D eigenvalue weighted by Gasteiger charge is -2.39. The summed E-state index contributed by atoms with van der Waals surface area (Å²) in [5.74, 6) is 0.670. The van der Waals surface area contributed by atoms with E-state index >= 15 is 0 Å². The van der Waals surface area contributed by atoms with Crippen molar-refractivity contribution in [1.29, 1.82) is 0 Å². The van der Waals surface area contributed by atoms with Gasteiger partial charge in [-0.2, -0.15) is 0 Å². The number of rotatable bonds is 5. The number of hydrogen-bond acceptors (Lipinski definition) is 4. The van der Waals surface area contributed by atoms with Gasteiger partial charge in [0.15, 0.2) is 0 Å². The quantitative estimate of drug-likeness (QED) is 0.846. The van der Waals surface area contributed by atoms with Crippen LogP contribution >= 0.6 is 0 Å². The van der Waals surface area contributed by atoms with Crippen LogP contribution in [0.25, 0.3) is 0 Å². The van der Waals surface area contributed by atoms with Crippen LogP contribution in [0.4, 0.5) is 10.2 Å². The first-order chi connectivity index (χ1) is 10.3. The van der Waals surface area contributed by atoms with Crippen LogP contribution in [-0.4, -0.2) is 36.8 Å². The molecule has 21 heavy (non-hydrogen) atoms. The number of nitrogens with one attached hydrogen (secondary N) is 1. The van der Waals surface area contributed by atoms with Crippen molar-refractivity contribution in [1.82, 2.24) is 10.3 Å². The summed E-state index contributed by atoms with van der Waals surface area (Å²) >= 11 is 0. The molecule has 1 aliphatic heterocycles. The lowest BCUT2D eigenvalue weighted by molar-refractivity contribution is 0.0252. The Morgan fingerprint density at radius 3 is 3.24 bits per heavy atom. The molecule has 0 spiro atoms. The van der Waals surface area contributed by atoms with Gasteiger partial charge in [0.05, 0.1) is 24.9 Å². The number of halogens is 1. The summed E-state index contributed by atoms with van der Waals surface area (Å²) < 4.78 is 19.4. The fraction of sp³-hybridized carbons (Fsp3) is 0.688. The fourth-order valence-electron chi connectivity index (χ4n) is 3.45. The van der Waals surface area contributed by atoms with Crippen LogP contribution in [0, 0.1) is 5.82 Å². The van der Waals surface area contributed by atoms with Gasteiger partial charge in [-0.3, -0.25) is 0 Å². The summed E-state index contributed by atoms with van der Waals surface area (Å²) in [5.41, 5.74) is 0.955. The maximum atomic E-state index is 13.6. The monoisotopic (exact) mass is 293 g/mol. The lowest BCUT2D eigenvalue weighted by atomic mass is 10.1. The molecule has 1 saturated carbocycles. The van der Waals surface area contributed by atoms with Gasteiger partial charge in [-0.05, 0) is 38.3 Å². The molecule has 2 fully saturated rings. The molecule has 5 heteroatoms. The van der Waals surface area contributed by atoms with Crippen LogP contribution in [0.2, 0.25) is 0 Å². The van der Waals surface area contributed by atoms with Crippen molar-refractivity contribution in [3.05, 3.63) is 23.6 Å². The molecule has 0 amide bonds. The largest absolute Gasteiger partial charge is 0.374 e. The molecular weight excluding hydrogens is 269 g/mol. The second-order valence-electron chi connectivity index (χ2n) is 5.91. The normalized spacial score (nSPS) is 25.1. The third-order valence-corrected chi connectivity index (χ3v) is 4.41. The Balaban J connectivity index is 1.82. The summed E-state index contributed by atoms with van der Waals surface area (Å²) in [6, 6.07) is 2.02. The Bertz CT molecular complexity index is 483. The predicted octanol–water partition coefficient (Wildman–Crippen LogP) is 2.48. The van der Waals surface area contributed by atoms with Crippen molar-refractivity contribution < 1.29 is 9.13 Å². The van der Waals surface area contributed by atoms with Gasteiger partial charge in [0, 0.05) is 18.7 Å². The molecule has 1 aromatic heterocycles. The summed E-state index contributed by atoms with van der Waals surface area (Å²) in [5, 5.41) is 3.35. The molecule has 4 nitrogen and oxygen atoms in total. The van der Waals surface area contributed by atoms with Crippen LogP contribution < -0.4 is 10.2 Å². The molecule has 3 rings (SSSR count). The number of hydrogen-bond donors (Lipinski definition) is 1. The molecule has 2 atom stereocenters. The minimum absolute atomic E-state index is 0.261. The first-order valence-electron chi connectivity index (χ1n) is 8.03. The summed E-state index contributed by atoms with van der Waals surface area (Å²) in [4.78, 5) is 6.73. The first kappa shape index (κ1) is 14.7. The Kier molecular flexibility index (Phi) is 4.70. The van der Waals surface area contributed by atoms with Crippen LogP contribution in [0.1, 0.15) is 38.2 Å². The molecule has 1 saturated heterocycles. The Morgan fingerprint density at radius 2 is 2.38 bits per heavy atom. The van der Waals surface area contributed by atoms with Crippen molar-refractivity contribution in [2.45, 2.75) is 51.3 Å². The average molecular weight is 293 g/mol. The third-order valence-electron chi connectivity index (χ3n) is 4.41. The highest BCUT2D eigenvalue weighted by Gasteiger charge is 2.37. The van der Waals surface area contributed by atoms with Crippen molar-refractivity contribution in [3.8, 4) is 0 Å². The number of aromatic nitrogens is 1. The van der Waals surface area contributed by atoms with E-state index in [1.807, 2.05) is 0 Å². The highest BCUT2D eigenvalue weighted by molar-refractivity contribution is 5.49. The highest BCUT2D eigenvalue weighted by atomic mass is 19.1. The minimum atomic E-state index is -0.261. The number of anilines is 1. The molecule has 116 valence electrons. The third kappa shape index (κ3) is 3.19. The number of morpholine rings is 1. The molecule has 2 aliphatic rings. The molecule has 0 bridgehead atoms. The van der Waals surface area contributed by atoms with E-state index in [2.05, 4.69) is 22.1 Å². The summed E-state index contributed by atoms with van der Waals surface area (Å²) in [7, 11) is 0. The van der Waals surface area contributed by atoms with Crippen molar-refractivity contribution in [3.63, 3.8) is 0 Å². The molecule has 0 radical (unpaired) electrons. The van der Waals surface area contributed by atoms with E-state index < -0.39 is 0 Å². The zero-order valence-corrected chi connectivity index (χ0v) is 12.6. The number of fused-ring (bicyclic) bond motifs is 1. The van der Waals surface area contributed by atoms with E-state index in [4.69, 9.17) is 4.74 Å². The van der Waals surface area contributed by atoms with E-state index in [1.165, 1.54) is 12.6 Å². The minimum Gasteiger partial charge on any atom is -0.374 e. The van der Waals surface area contributed by atoms with Crippen LogP contribution in [0.5, 0.6) is 0 Å². The lowest BCUT2D eigenvalue weighted by Crippen LogP contribution is -2.49. The molecule has 1 N–H and O–H groups in total. The van der Waals surface area contributed by atoms with E-state index in [0.29, 0.717) is 18.7 Å². The van der Waals surface area contributed by atoms with Gasteiger partial charge in [-0.25, -0.2) is 9.37 Å². The standard InChI is InChI=1S/C16H24FN3O/c1-2-6-18-10-12-9-13(17)11-19-16(12)20-7-8-21-15-5-3-4-14(15)20/h9,11,14-15,18H,2-8,10H2,1H3. The molecule has 2 heterocycles. The highest BCUT2D eigenvalue weighted by Crippen LogP contribution is 2.33. The maximum Gasteiger partial charge on any atom is 0.141 e. The molecule has 1 aromatic rings. The molecule has 0 aromatic carbocycles. The Labute approximate surface area is 125 Å². The molecule has 1 aliphatic carbocycles. The van der Waals surface area contributed by atoms with E-state index in [-0.39, 0.29) is 5.82 Å². The van der Waals surface area contributed by atoms with Gasteiger partial charge in [-0.1, -0.05) is 6.92 Å². The number of pyridine rings is 1. The predicted molar refractivity (Wildman–Crippen MR) is 80.9 cm³/mol. The summed E-state index contributed by atoms with van der Waals surface area (Å²) in [6.45, 7) is 5.32. The van der Waals surface area contributed by atoms with Crippen molar-refractivity contribution in [2.75, 3.05) is 24.6 Å². The average Bonchev–Trinajstić information content (AvgIpc) is 2.96. The van der Waals surface area contributed by atoms with Gasteiger partial charge in [0.25, 0.3) is 0 Å². The van der Waals surface area contributed by atoms with Gasteiger partial charge in [0.2, 0.25) is 0 Å².